The van der Waals surface area contributed by atoms with Crippen LogP contribution >= 0.6 is 8.30 Å². The molecule has 2 N–H and O–H groups in total. The Labute approximate surface area is 354 Å². The molecule has 0 aliphatic carbocycles. The molecule has 0 amide bonds. The number of rotatable bonds is 18. The molecule has 4 aromatic rings. The second kappa shape index (κ2) is 18.4. The van der Waals surface area contributed by atoms with Crippen molar-refractivity contribution < 1.29 is 37.7 Å². The van der Waals surface area contributed by atoms with Crippen LogP contribution in [-0.4, -0.2) is 89.3 Å². The van der Waals surface area contributed by atoms with Crippen molar-refractivity contribution in [3.8, 4) is 23.8 Å². The average molecular weight is 841 g/mol. The van der Waals surface area contributed by atoms with E-state index in [1.54, 1.807) is 41.2 Å². The highest BCUT2D eigenvalue weighted by Crippen LogP contribution is 2.56. The fourth-order valence-electron chi connectivity index (χ4n) is 8.09. The predicted molar refractivity (Wildman–Crippen MR) is 231 cm³/mol. The Morgan fingerprint density at radius 2 is 1.55 bits per heavy atom. The third-order valence-electron chi connectivity index (χ3n) is 10.9. The van der Waals surface area contributed by atoms with Crippen molar-refractivity contribution in [1.29, 1.82) is 0 Å². The molecule has 13 nitrogen and oxygen atoms in total. The molecule has 14 heteroatoms. The molecule has 2 fully saturated rings. The Bertz CT molecular complexity index is 2140. The zero-order valence-electron chi connectivity index (χ0n) is 35.9. The number of nitrogens with two attached hydrogens (primary N) is 1. The van der Waals surface area contributed by atoms with E-state index in [4.69, 9.17) is 45.1 Å². The molecule has 2 aliphatic heterocycles. The highest BCUT2D eigenvalue weighted by molar-refractivity contribution is 7.51. The normalized spacial score (nSPS) is 20.7. The number of ether oxygens (including phenoxy) is 6. The molecule has 2 unspecified atom stereocenters. The minimum absolute atomic E-state index is 0.0195. The zero-order chi connectivity index (χ0) is 43.4. The molecule has 60 heavy (non-hydrogen) atoms. The number of methoxy groups -OCH3 is 2. The number of aryl methyl sites for hydroxylation is 1. The van der Waals surface area contributed by atoms with Crippen molar-refractivity contribution in [1.82, 2.24) is 14.2 Å². The number of hydrogen-bond acceptors (Lipinski definition) is 12. The monoisotopic (exact) mass is 840 g/mol. The smallest absolute Gasteiger partial charge is 0.351 e. The summed E-state index contributed by atoms with van der Waals surface area (Å²) in [5, 5.41) is 0. The fraction of sp³-hybridized carbons (Fsp3) is 0.457. The topological polar surface area (TPSA) is 146 Å². The molecule has 6 rings (SSSR count). The maximum atomic E-state index is 13.8. The quantitative estimate of drug-likeness (QED) is 0.0477. The van der Waals surface area contributed by atoms with Gasteiger partial charge in [0, 0.05) is 30.3 Å². The molecule has 2 bridgehead atoms. The van der Waals surface area contributed by atoms with Crippen LogP contribution in [0.25, 0.3) is 0 Å². The van der Waals surface area contributed by atoms with E-state index in [0.717, 1.165) is 16.7 Å². The Kier molecular flexibility index (Phi) is 13.8. The maximum Gasteiger partial charge on any atom is 0.351 e. The lowest BCUT2D eigenvalue weighted by atomic mass is 9.79. The number of carbonyl (C=O) groups excluding carboxylic acids is 1. The number of carbonyl (C=O) groups is 1. The van der Waals surface area contributed by atoms with Gasteiger partial charge in [-0.3, -0.25) is 14.0 Å². The van der Waals surface area contributed by atoms with E-state index in [-0.39, 0.29) is 43.7 Å². The van der Waals surface area contributed by atoms with Crippen molar-refractivity contribution in [2.45, 2.75) is 102 Å². The van der Waals surface area contributed by atoms with Crippen molar-refractivity contribution in [2.24, 2.45) is 0 Å². The molecule has 5 atom stereocenters. The van der Waals surface area contributed by atoms with Crippen LogP contribution in [0.1, 0.15) is 76.4 Å². The lowest BCUT2D eigenvalue weighted by molar-refractivity contribution is -0.203. The van der Waals surface area contributed by atoms with Crippen LogP contribution in [0.15, 0.2) is 89.9 Å². The number of nitrogen functional groups attached to an aromatic ring is 1. The van der Waals surface area contributed by atoms with Crippen molar-refractivity contribution >= 4 is 20.1 Å². The number of nitrogens with zero attached hydrogens (tertiary/aromatic N) is 3. The summed E-state index contributed by atoms with van der Waals surface area (Å²) >= 11 is 0. The van der Waals surface area contributed by atoms with E-state index in [1.807, 2.05) is 78.9 Å². The van der Waals surface area contributed by atoms with Gasteiger partial charge in [0.05, 0.1) is 27.4 Å². The SMILES string of the molecule is C#CCC(C)(C)OC(=O)CP(O[C@@H]1C2OC[C@]1(COC(c1ccccc1)(c1ccc(OC)cc1)c1ccc(OC)cc1)O[C@H]2n1cc(C)c(N)nc1=O)N(C(C)C)C(C)C. The van der Waals surface area contributed by atoms with Crippen LogP contribution in [0.4, 0.5) is 5.82 Å². The Hall–Kier alpha value is -4.80. The van der Waals surface area contributed by atoms with Crippen LogP contribution in [0, 0.1) is 19.3 Å². The Morgan fingerprint density at radius 1 is 0.983 bits per heavy atom. The summed E-state index contributed by atoms with van der Waals surface area (Å²) in [6.45, 7) is 13.6. The summed E-state index contributed by atoms with van der Waals surface area (Å²) in [7, 11) is 1.54. The van der Waals surface area contributed by atoms with Crippen molar-refractivity contribution in [3.05, 3.63) is 118 Å². The summed E-state index contributed by atoms with van der Waals surface area (Å²) < 4.78 is 48.9. The highest BCUT2D eigenvalue weighted by Gasteiger charge is 2.65. The fourth-order valence-corrected chi connectivity index (χ4v) is 10.3. The van der Waals surface area contributed by atoms with E-state index >= 15 is 0 Å². The Balaban J connectivity index is 1.49. The lowest BCUT2D eigenvalue weighted by Crippen LogP contribution is -2.49. The van der Waals surface area contributed by atoms with Gasteiger partial charge in [-0.15, -0.1) is 12.3 Å². The van der Waals surface area contributed by atoms with Gasteiger partial charge in [0.2, 0.25) is 0 Å². The summed E-state index contributed by atoms with van der Waals surface area (Å²) in [5.74, 6) is 3.65. The van der Waals surface area contributed by atoms with Crippen LogP contribution < -0.4 is 20.9 Å². The zero-order valence-corrected chi connectivity index (χ0v) is 36.8. The number of esters is 1. The molecular weight excluding hydrogens is 783 g/mol. The molecule has 0 spiro atoms. The molecule has 1 aromatic heterocycles. The third kappa shape index (κ3) is 9.10. The molecule has 320 valence electrons. The predicted octanol–water partition coefficient (Wildman–Crippen LogP) is 6.99. The molecule has 0 saturated carbocycles. The Morgan fingerprint density at radius 3 is 2.08 bits per heavy atom. The lowest BCUT2D eigenvalue weighted by Gasteiger charge is -2.42. The van der Waals surface area contributed by atoms with Gasteiger partial charge in [-0.1, -0.05) is 54.6 Å². The van der Waals surface area contributed by atoms with Crippen LogP contribution in [0.5, 0.6) is 11.5 Å². The second-order valence-corrected chi connectivity index (χ2v) is 18.1. The summed E-state index contributed by atoms with van der Waals surface area (Å²) in [6.07, 6.45) is 4.82. The van der Waals surface area contributed by atoms with Crippen molar-refractivity contribution in [2.75, 3.05) is 39.3 Å². The van der Waals surface area contributed by atoms with Crippen molar-refractivity contribution in [3.63, 3.8) is 0 Å². The number of anilines is 1. The van der Waals surface area contributed by atoms with Gasteiger partial charge in [-0.2, -0.15) is 4.98 Å². The molecule has 0 radical (unpaired) electrons. The number of terminal acetylenes is 1. The third-order valence-corrected chi connectivity index (χ3v) is 13.3. The first-order valence-corrected chi connectivity index (χ1v) is 21.5. The standard InChI is InChI=1S/C46H57N4O9P/c1-11-25-44(7,8)57-38(51)27-60(50(30(2)3)31(4)5)59-40-39-42(49-26-32(6)41(47)48-43(49)52)58-45(40,28-55-39)29-56-46(33-15-13-12-14-16-33,34-17-21-36(53-9)22-18-34)35-19-23-37(54-10)24-20-35/h1,12-24,26,30-31,39-40,42H,25,27-29H2,2-10H3,(H2,47,48,52)/t39?,40-,42-,45-,60?/m1/s1. The average Bonchev–Trinajstić information content (AvgIpc) is 3.70. The number of aromatic nitrogens is 2. The summed E-state index contributed by atoms with van der Waals surface area (Å²) in [6, 6.07) is 25.4. The van der Waals surface area contributed by atoms with E-state index in [0.29, 0.717) is 17.1 Å². The molecule has 3 heterocycles. The van der Waals surface area contributed by atoms with Gasteiger partial charge < -0.3 is 38.7 Å². The number of benzene rings is 3. The first-order chi connectivity index (χ1) is 28.6. The van der Waals surface area contributed by atoms with Crippen LogP contribution in [0.3, 0.4) is 0 Å². The highest BCUT2D eigenvalue weighted by atomic mass is 31.2. The van der Waals surface area contributed by atoms with E-state index in [2.05, 4.69) is 43.3 Å². The summed E-state index contributed by atoms with van der Waals surface area (Å²) in [4.78, 5) is 31.4. The molecule has 2 aliphatic rings. The first-order valence-electron chi connectivity index (χ1n) is 20.1. The van der Waals surface area contributed by atoms with E-state index in [9.17, 15) is 9.59 Å². The van der Waals surface area contributed by atoms with Gasteiger partial charge in [0.15, 0.2) is 6.23 Å². The minimum atomic E-state index is -1.71. The molecule has 3 aromatic carbocycles. The van der Waals surface area contributed by atoms with Gasteiger partial charge in [-0.25, -0.2) is 4.79 Å². The largest absolute Gasteiger partial charge is 0.497 e. The van der Waals surface area contributed by atoms with Gasteiger partial charge >= 0.3 is 11.7 Å². The number of fused-ring (bicyclic) bond motifs is 2. The minimum Gasteiger partial charge on any atom is -0.497 e. The van der Waals surface area contributed by atoms with Crippen LogP contribution in [0.2, 0.25) is 0 Å². The maximum absolute atomic E-state index is 13.8. The van der Waals surface area contributed by atoms with Gasteiger partial charge in [-0.05, 0) is 89.4 Å². The number of hydrogen-bond donors (Lipinski definition) is 1. The van der Waals surface area contributed by atoms with E-state index in [1.165, 1.54) is 4.57 Å². The molecular formula is C46H57N4O9P. The van der Waals surface area contributed by atoms with E-state index < -0.39 is 55.2 Å². The summed E-state index contributed by atoms with van der Waals surface area (Å²) in [5.41, 5.74) is 5.15. The first kappa shape index (κ1) is 44.7. The van der Waals surface area contributed by atoms with Gasteiger partial charge in [0.25, 0.3) is 0 Å². The van der Waals surface area contributed by atoms with Gasteiger partial charge in [0.1, 0.15) is 60.8 Å². The van der Waals surface area contributed by atoms with Crippen LogP contribution in [-0.2, 0) is 33.9 Å². The second-order valence-electron chi connectivity index (χ2n) is 16.4. The molecule has 2 saturated heterocycles.